The first kappa shape index (κ1) is 15.0. The van der Waals surface area contributed by atoms with Crippen molar-refractivity contribution in [2.45, 2.75) is 19.4 Å². The lowest BCUT2D eigenvalue weighted by atomic mass is 10.1. The second kappa shape index (κ2) is 6.77. The van der Waals surface area contributed by atoms with Crippen molar-refractivity contribution in [2.24, 2.45) is 5.14 Å². The van der Waals surface area contributed by atoms with E-state index in [1.165, 1.54) is 12.1 Å². The molecule has 1 rings (SSSR count). The Morgan fingerprint density at radius 2 is 2.06 bits per heavy atom. The molecule has 0 spiro atoms. The summed E-state index contributed by atoms with van der Waals surface area (Å²) in [5, 5.41) is 7.82. The predicted octanol–water partition coefficient (Wildman–Crippen LogP) is 1.39. The van der Waals surface area contributed by atoms with Crippen molar-refractivity contribution in [3.63, 3.8) is 0 Å². The number of nitrogens with two attached hydrogens (primary N) is 1. The fraction of sp³-hybridized carbons (Fsp3) is 0.455. The van der Waals surface area contributed by atoms with Crippen LogP contribution in [-0.4, -0.2) is 20.7 Å². The van der Waals surface area contributed by atoms with Gasteiger partial charge in [0.1, 0.15) is 0 Å². The molecule has 0 amide bonds. The van der Waals surface area contributed by atoms with Gasteiger partial charge in [-0.15, -0.1) is 0 Å². The van der Waals surface area contributed by atoms with Crippen LogP contribution in [0.3, 0.4) is 0 Å². The number of rotatable bonds is 7. The molecule has 0 aromatic heterocycles. The molecule has 0 radical (unpaired) electrons. The van der Waals surface area contributed by atoms with Crippen molar-refractivity contribution in [1.82, 2.24) is 5.32 Å². The third kappa shape index (κ3) is 6.04. The van der Waals surface area contributed by atoms with E-state index in [4.69, 9.17) is 5.14 Å². The van der Waals surface area contributed by atoms with E-state index >= 15 is 0 Å². The molecular weight excluding hydrogens is 262 g/mol. The molecule has 0 aliphatic rings. The largest absolute Gasteiger partial charge is 0.313 e. The lowest BCUT2D eigenvalue weighted by Crippen LogP contribution is -2.22. The van der Waals surface area contributed by atoms with Crippen LogP contribution >= 0.6 is 0 Å². The number of sulfonamides is 1. The minimum Gasteiger partial charge on any atom is -0.313 e. The second-order valence-corrected chi connectivity index (χ2v) is 5.68. The zero-order valence-corrected chi connectivity index (χ0v) is 10.6. The Morgan fingerprint density at radius 1 is 1.33 bits per heavy atom. The fourth-order valence-electron chi connectivity index (χ4n) is 1.47. The highest BCUT2D eigenvalue weighted by Gasteiger charge is 2.06. The Kier molecular flexibility index (Phi) is 5.64. The summed E-state index contributed by atoms with van der Waals surface area (Å²) in [6.45, 7) is 0.889. The number of nitrogens with one attached hydrogen (secondary N) is 1. The molecular formula is C11H16F2N2O2S. The van der Waals surface area contributed by atoms with E-state index in [2.05, 4.69) is 5.32 Å². The van der Waals surface area contributed by atoms with Crippen LogP contribution in [0, 0.1) is 0 Å². The summed E-state index contributed by atoms with van der Waals surface area (Å²) in [5.74, 6) is -0.0862. The number of hydrogen-bond acceptors (Lipinski definition) is 3. The second-order valence-electron chi connectivity index (χ2n) is 3.94. The highest BCUT2D eigenvalue weighted by molar-refractivity contribution is 7.89. The van der Waals surface area contributed by atoms with Gasteiger partial charge in [0.15, 0.2) is 0 Å². The molecule has 0 atom stereocenters. The van der Waals surface area contributed by atoms with E-state index in [-0.39, 0.29) is 11.3 Å². The quantitative estimate of drug-likeness (QED) is 0.740. The van der Waals surface area contributed by atoms with Gasteiger partial charge in [0, 0.05) is 12.1 Å². The van der Waals surface area contributed by atoms with Crippen molar-refractivity contribution in [3.8, 4) is 0 Å². The van der Waals surface area contributed by atoms with Crippen LogP contribution in [-0.2, 0) is 16.6 Å². The maximum Gasteiger partial charge on any atom is 0.263 e. The van der Waals surface area contributed by atoms with Gasteiger partial charge in [-0.05, 0) is 24.6 Å². The molecule has 102 valence electrons. The first-order valence-electron chi connectivity index (χ1n) is 5.46. The van der Waals surface area contributed by atoms with E-state index in [0.29, 0.717) is 19.5 Å². The fourth-order valence-corrected chi connectivity index (χ4v) is 2.02. The third-order valence-electron chi connectivity index (χ3n) is 2.31. The first-order valence-corrected chi connectivity index (χ1v) is 7.18. The van der Waals surface area contributed by atoms with Gasteiger partial charge in [0.25, 0.3) is 6.43 Å². The maximum atomic E-state index is 12.4. The Labute approximate surface area is 105 Å². The molecule has 4 nitrogen and oxygen atoms in total. The van der Waals surface area contributed by atoms with Gasteiger partial charge in [-0.1, -0.05) is 18.2 Å². The Morgan fingerprint density at radius 3 is 2.67 bits per heavy atom. The average Bonchev–Trinajstić information content (AvgIpc) is 2.27. The molecule has 0 saturated heterocycles. The summed E-state index contributed by atoms with van der Waals surface area (Å²) < 4.78 is 46.1. The number of alkyl halides is 2. The minimum atomic E-state index is -3.43. The van der Waals surface area contributed by atoms with Gasteiger partial charge in [-0.2, -0.15) is 0 Å². The summed E-state index contributed by atoms with van der Waals surface area (Å²) in [6.07, 6.45) is -2.08. The van der Waals surface area contributed by atoms with Crippen molar-refractivity contribution < 1.29 is 17.2 Å². The molecule has 0 unspecified atom stereocenters. The number of halogens is 2. The molecule has 1 aromatic rings. The summed E-state index contributed by atoms with van der Waals surface area (Å²) in [5.41, 5.74) is 0.724. The zero-order valence-electron chi connectivity index (χ0n) is 9.77. The molecule has 0 aliphatic heterocycles. The molecule has 0 aliphatic carbocycles. The van der Waals surface area contributed by atoms with Crippen molar-refractivity contribution in [2.75, 3.05) is 12.3 Å². The van der Waals surface area contributed by atoms with Crippen LogP contribution in [0.15, 0.2) is 24.3 Å². The van der Waals surface area contributed by atoms with Gasteiger partial charge in [0.05, 0.1) is 5.75 Å². The van der Waals surface area contributed by atoms with Gasteiger partial charge in [0.2, 0.25) is 10.0 Å². The predicted molar refractivity (Wildman–Crippen MR) is 65.7 cm³/mol. The smallest absolute Gasteiger partial charge is 0.263 e. The Bertz CT molecular complexity index is 478. The van der Waals surface area contributed by atoms with Crippen LogP contribution in [0.2, 0.25) is 0 Å². The van der Waals surface area contributed by atoms with E-state index in [9.17, 15) is 17.2 Å². The number of benzene rings is 1. The lowest BCUT2D eigenvalue weighted by Gasteiger charge is -2.06. The molecule has 0 heterocycles. The SMILES string of the molecule is NS(=O)(=O)CCCNCc1cccc(C(F)F)c1. The normalized spacial score (nSPS) is 12.0. The van der Waals surface area contributed by atoms with Crippen molar-refractivity contribution in [3.05, 3.63) is 35.4 Å². The zero-order chi connectivity index (χ0) is 13.6. The Balaban J connectivity index is 2.33. The van der Waals surface area contributed by atoms with Gasteiger partial charge in [-0.3, -0.25) is 0 Å². The van der Waals surface area contributed by atoms with Crippen LogP contribution in [0.1, 0.15) is 24.0 Å². The average molecular weight is 278 g/mol. The molecule has 3 N–H and O–H groups in total. The van der Waals surface area contributed by atoms with Gasteiger partial charge < -0.3 is 5.32 Å². The highest BCUT2D eigenvalue weighted by atomic mass is 32.2. The lowest BCUT2D eigenvalue weighted by molar-refractivity contribution is 0.151. The van der Waals surface area contributed by atoms with E-state index in [0.717, 1.165) is 5.56 Å². The molecule has 0 bridgehead atoms. The first-order chi connectivity index (χ1) is 8.38. The molecule has 7 heteroatoms. The minimum absolute atomic E-state index is 0.0150. The number of primary sulfonamides is 1. The van der Waals surface area contributed by atoms with E-state index in [1.807, 2.05) is 0 Å². The summed E-state index contributed by atoms with van der Waals surface area (Å²) in [7, 11) is -3.43. The van der Waals surface area contributed by atoms with Gasteiger partial charge >= 0.3 is 0 Å². The van der Waals surface area contributed by atoms with Crippen LogP contribution in [0.5, 0.6) is 0 Å². The monoisotopic (exact) mass is 278 g/mol. The maximum absolute atomic E-state index is 12.4. The third-order valence-corrected chi connectivity index (χ3v) is 3.17. The Hall–Kier alpha value is -1.05. The summed E-state index contributed by atoms with van der Waals surface area (Å²) >= 11 is 0. The highest BCUT2D eigenvalue weighted by Crippen LogP contribution is 2.19. The molecule has 0 saturated carbocycles. The van der Waals surface area contributed by atoms with Crippen molar-refractivity contribution >= 4 is 10.0 Å². The summed E-state index contributed by atoms with van der Waals surface area (Å²) in [4.78, 5) is 0. The van der Waals surface area contributed by atoms with Crippen LogP contribution in [0.25, 0.3) is 0 Å². The standard InChI is InChI=1S/C11H16F2N2O2S/c12-11(13)10-4-1-3-9(7-10)8-15-5-2-6-18(14,16)17/h1,3-4,7,11,15H,2,5-6,8H2,(H2,14,16,17). The van der Waals surface area contributed by atoms with Crippen LogP contribution < -0.4 is 10.5 Å². The summed E-state index contributed by atoms with van der Waals surface area (Å²) in [6, 6.07) is 6.11. The topological polar surface area (TPSA) is 72.2 Å². The molecule has 18 heavy (non-hydrogen) atoms. The van der Waals surface area contributed by atoms with E-state index < -0.39 is 16.4 Å². The van der Waals surface area contributed by atoms with E-state index in [1.54, 1.807) is 12.1 Å². The van der Waals surface area contributed by atoms with Crippen molar-refractivity contribution in [1.29, 1.82) is 0 Å². The molecule has 0 fully saturated rings. The molecule has 1 aromatic carbocycles. The van der Waals surface area contributed by atoms with Gasteiger partial charge in [-0.25, -0.2) is 22.3 Å². The number of hydrogen-bond donors (Lipinski definition) is 2. The van der Waals surface area contributed by atoms with Crippen LogP contribution in [0.4, 0.5) is 8.78 Å².